The van der Waals surface area contributed by atoms with E-state index in [0.717, 1.165) is 31.2 Å². The van der Waals surface area contributed by atoms with Crippen LogP contribution >= 0.6 is 0 Å². The number of nitrogens with zero attached hydrogens (tertiary/aromatic N) is 1. The minimum atomic E-state index is -0.336. The van der Waals surface area contributed by atoms with Gasteiger partial charge in [-0.1, -0.05) is 25.3 Å². The van der Waals surface area contributed by atoms with E-state index >= 15 is 0 Å². The van der Waals surface area contributed by atoms with Crippen LogP contribution in [0.5, 0.6) is 0 Å². The van der Waals surface area contributed by atoms with E-state index in [1.165, 1.54) is 6.42 Å². The maximum Gasteiger partial charge on any atom is 0.292 e. The first-order valence-electron chi connectivity index (χ1n) is 6.85. The third-order valence-corrected chi connectivity index (χ3v) is 3.76. The van der Waals surface area contributed by atoms with Gasteiger partial charge in [-0.05, 0) is 31.4 Å². The van der Waals surface area contributed by atoms with Gasteiger partial charge in [-0.3, -0.25) is 10.1 Å². The van der Waals surface area contributed by atoms with Crippen LogP contribution in [-0.2, 0) is 0 Å². The topological polar surface area (TPSA) is 81.2 Å². The minimum absolute atomic E-state index is 0.0726. The third kappa shape index (κ3) is 3.44. The van der Waals surface area contributed by atoms with Crippen LogP contribution in [0.25, 0.3) is 0 Å². The Balaban J connectivity index is 2.19. The molecule has 2 rings (SSSR count). The molecule has 2 unspecified atom stereocenters. The molecule has 1 aromatic rings. The largest absolute Gasteiger partial charge is 0.375 e. The van der Waals surface area contributed by atoms with Crippen molar-refractivity contribution in [2.24, 2.45) is 5.73 Å². The summed E-state index contributed by atoms with van der Waals surface area (Å²) in [6.45, 7) is 1.86. The normalized spacial score (nSPS) is 23.7. The Labute approximate surface area is 113 Å². The van der Waals surface area contributed by atoms with Crippen LogP contribution in [0.2, 0.25) is 0 Å². The van der Waals surface area contributed by atoms with Gasteiger partial charge in [0, 0.05) is 18.2 Å². The molecule has 5 heteroatoms. The third-order valence-electron chi connectivity index (χ3n) is 3.76. The highest BCUT2D eigenvalue weighted by molar-refractivity contribution is 5.63. The van der Waals surface area contributed by atoms with E-state index in [1.807, 2.05) is 13.0 Å². The molecule has 2 atom stereocenters. The highest BCUT2D eigenvalue weighted by Gasteiger charge is 2.23. The molecule has 0 aliphatic heterocycles. The van der Waals surface area contributed by atoms with Gasteiger partial charge < -0.3 is 11.1 Å². The molecule has 1 saturated carbocycles. The summed E-state index contributed by atoms with van der Waals surface area (Å²) >= 11 is 0. The summed E-state index contributed by atoms with van der Waals surface area (Å²) < 4.78 is 0. The molecule has 1 fully saturated rings. The summed E-state index contributed by atoms with van der Waals surface area (Å²) in [7, 11) is 0. The molecule has 3 N–H and O–H groups in total. The van der Waals surface area contributed by atoms with E-state index in [2.05, 4.69) is 5.32 Å². The molecular weight excluding hydrogens is 242 g/mol. The van der Waals surface area contributed by atoms with Gasteiger partial charge in [0.05, 0.1) is 4.92 Å². The van der Waals surface area contributed by atoms with Gasteiger partial charge in [0.25, 0.3) is 5.69 Å². The second-order valence-corrected chi connectivity index (χ2v) is 5.33. The van der Waals surface area contributed by atoms with Crippen molar-refractivity contribution in [2.45, 2.75) is 51.1 Å². The second-order valence-electron chi connectivity index (χ2n) is 5.33. The average molecular weight is 263 g/mol. The fraction of sp³-hybridized carbons (Fsp3) is 0.571. The van der Waals surface area contributed by atoms with Crippen molar-refractivity contribution < 1.29 is 4.92 Å². The fourth-order valence-electron chi connectivity index (χ4n) is 2.63. The molecule has 0 amide bonds. The number of hydrogen-bond donors (Lipinski definition) is 2. The van der Waals surface area contributed by atoms with Crippen LogP contribution in [0.4, 0.5) is 11.4 Å². The number of nitrogens with one attached hydrogen (secondary N) is 1. The highest BCUT2D eigenvalue weighted by atomic mass is 16.6. The molecule has 0 saturated heterocycles. The first-order chi connectivity index (χ1) is 9.08. The van der Waals surface area contributed by atoms with Gasteiger partial charge >= 0.3 is 0 Å². The van der Waals surface area contributed by atoms with Crippen LogP contribution in [-0.4, -0.2) is 17.0 Å². The molecule has 0 heterocycles. The molecule has 0 spiro atoms. The van der Waals surface area contributed by atoms with E-state index in [0.29, 0.717) is 5.69 Å². The van der Waals surface area contributed by atoms with Crippen molar-refractivity contribution in [3.8, 4) is 0 Å². The lowest BCUT2D eigenvalue weighted by Crippen LogP contribution is -2.39. The van der Waals surface area contributed by atoms with Crippen molar-refractivity contribution in [2.75, 3.05) is 5.32 Å². The number of rotatable bonds is 3. The maximum atomic E-state index is 11.1. The Morgan fingerprint density at radius 1 is 1.32 bits per heavy atom. The molecule has 0 bridgehead atoms. The smallest absolute Gasteiger partial charge is 0.292 e. The van der Waals surface area contributed by atoms with Gasteiger partial charge in [-0.25, -0.2) is 0 Å². The summed E-state index contributed by atoms with van der Waals surface area (Å²) in [5.74, 6) is 0. The van der Waals surface area contributed by atoms with Gasteiger partial charge in [0.2, 0.25) is 0 Å². The molecule has 19 heavy (non-hydrogen) atoms. The molecule has 104 valence electrons. The standard InChI is InChI=1S/C14H21N3O2/c1-10-7-8-13(14(9-10)17(18)19)16-12-6-4-2-3-5-11(12)15/h7-9,11-12,16H,2-6,15H2,1H3. The predicted octanol–water partition coefficient (Wildman–Crippen LogP) is 2.98. The first kappa shape index (κ1) is 13.8. The zero-order chi connectivity index (χ0) is 13.8. The Morgan fingerprint density at radius 3 is 2.79 bits per heavy atom. The number of anilines is 1. The SMILES string of the molecule is Cc1ccc(NC2CCCCCC2N)c([N+](=O)[O-])c1. The van der Waals surface area contributed by atoms with Crippen molar-refractivity contribution in [3.05, 3.63) is 33.9 Å². The van der Waals surface area contributed by atoms with Gasteiger partial charge in [-0.15, -0.1) is 0 Å². The lowest BCUT2D eigenvalue weighted by atomic mass is 10.0. The number of aryl methyl sites for hydroxylation is 1. The Morgan fingerprint density at radius 2 is 2.05 bits per heavy atom. The van der Waals surface area contributed by atoms with Crippen LogP contribution in [0, 0.1) is 17.0 Å². The van der Waals surface area contributed by atoms with E-state index in [9.17, 15) is 10.1 Å². The van der Waals surface area contributed by atoms with Crippen LogP contribution < -0.4 is 11.1 Å². The lowest BCUT2D eigenvalue weighted by molar-refractivity contribution is -0.384. The van der Waals surface area contributed by atoms with Gasteiger partial charge in [0.15, 0.2) is 0 Å². The van der Waals surface area contributed by atoms with E-state index in [-0.39, 0.29) is 22.7 Å². The summed E-state index contributed by atoms with van der Waals surface area (Å²) in [6.07, 6.45) is 5.44. The number of nitro benzene ring substituents is 1. The number of benzene rings is 1. The van der Waals surface area contributed by atoms with Crippen molar-refractivity contribution in [1.29, 1.82) is 0 Å². The zero-order valence-corrected chi connectivity index (χ0v) is 11.3. The predicted molar refractivity (Wildman–Crippen MR) is 76.3 cm³/mol. The van der Waals surface area contributed by atoms with Crippen LogP contribution in [0.1, 0.15) is 37.7 Å². The van der Waals surface area contributed by atoms with Crippen molar-refractivity contribution in [1.82, 2.24) is 0 Å². The lowest BCUT2D eigenvalue weighted by Gasteiger charge is -2.23. The number of nitro groups is 1. The summed E-state index contributed by atoms with van der Waals surface area (Å²) in [5.41, 5.74) is 7.76. The van der Waals surface area contributed by atoms with E-state index in [4.69, 9.17) is 5.73 Å². The number of hydrogen-bond acceptors (Lipinski definition) is 4. The zero-order valence-electron chi connectivity index (χ0n) is 11.3. The minimum Gasteiger partial charge on any atom is -0.375 e. The van der Waals surface area contributed by atoms with Gasteiger partial charge in [-0.2, -0.15) is 0 Å². The van der Waals surface area contributed by atoms with E-state index in [1.54, 1.807) is 12.1 Å². The molecule has 1 aliphatic rings. The Kier molecular flexibility index (Phi) is 4.37. The monoisotopic (exact) mass is 263 g/mol. The Hall–Kier alpha value is -1.62. The first-order valence-corrected chi connectivity index (χ1v) is 6.85. The molecule has 5 nitrogen and oxygen atoms in total. The number of nitrogens with two attached hydrogens (primary N) is 1. The quantitative estimate of drug-likeness (QED) is 0.499. The Bertz CT molecular complexity index is 462. The second kappa shape index (κ2) is 6.02. The summed E-state index contributed by atoms with van der Waals surface area (Å²) in [5, 5.41) is 14.4. The van der Waals surface area contributed by atoms with Crippen LogP contribution in [0.3, 0.4) is 0 Å². The van der Waals surface area contributed by atoms with E-state index < -0.39 is 0 Å². The van der Waals surface area contributed by atoms with Crippen LogP contribution in [0.15, 0.2) is 18.2 Å². The summed E-state index contributed by atoms with van der Waals surface area (Å²) in [4.78, 5) is 10.8. The molecule has 0 radical (unpaired) electrons. The molecule has 1 aliphatic carbocycles. The summed E-state index contributed by atoms with van der Waals surface area (Å²) in [6, 6.07) is 5.47. The average Bonchev–Trinajstić information content (AvgIpc) is 2.57. The molecule has 0 aromatic heterocycles. The van der Waals surface area contributed by atoms with Crippen molar-refractivity contribution in [3.63, 3.8) is 0 Å². The molecule has 1 aromatic carbocycles. The highest BCUT2D eigenvalue weighted by Crippen LogP contribution is 2.28. The van der Waals surface area contributed by atoms with Gasteiger partial charge in [0.1, 0.15) is 5.69 Å². The van der Waals surface area contributed by atoms with Crippen molar-refractivity contribution >= 4 is 11.4 Å². The maximum absolute atomic E-state index is 11.1. The fourth-order valence-corrected chi connectivity index (χ4v) is 2.63. The molecular formula is C14H21N3O2.